The molecule has 5 heteroatoms. The van der Waals surface area contributed by atoms with Gasteiger partial charge in [0.2, 0.25) is 0 Å². The Labute approximate surface area is 71.5 Å². The third kappa shape index (κ3) is 16.0. The predicted octanol–water partition coefficient (Wildman–Crippen LogP) is -0.0108. The average molecular weight is 177 g/mol. The summed E-state index contributed by atoms with van der Waals surface area (Å²) in [4.78, 5) is 19.5. The Kier molecular flexibility index (Phi) is 11.1. The summed E-state index contributed by atoms with van der Waals surface area (Å²) in [5, 5.41) is 7.83. The van der Waals surface area contributed by atoms with Crippen LogP contribution >= 0.6 is 0 Å². The second kappa shape index (κ2) is 9.90. The maximum absolute atomic E-state index is 9.96. The molecule has 0 heterocycles. The Morgan fingerprint density at radius 3 is 2.00 bits per heavy atom. The van der Waals surface area contributed by atoms with Crippen molar-refractivity contribution in [2.45, 2.75) is 19.8 Å². The first kappa shape index (κ1) is 13.5. The number of carbonyl (C=O) groups excluding carboxylic acids is 1. The number of carboxylic acid groups (broad SMARTS) is 1. The lowest BCUT2D eigenvalue weighted by atomic mass is 10.5. The first-order valence-corrected chi connectivity index (χ1v) is 3.57. The molecule has 0 aromatic carbocycles. The highest BCUT2D eigenvalue weighted by molar-refractivity contribution is 5.68. The monoisotopic (exact) mass is 177 g/mol. The number of aliphatic carboxylic acids is 1. The van der Waals surface area contributed by atoms with E-state index in [1.54, 1.807) is 6.92 Å². The summed E-state index contributed by atoms with van der Waals surface area (Å²) in [5.41, 5.74) is 4.85. The normalized spacial score (nSPS) is 7.92. The van der Waals surface area contributed by atoms with Crippen molar-refractivity contribution in [3.63, 3.8) is 0 Å². The van der Waals surface area contributed by atoms with Gasteiger partial charge >= 0.3 is 11.9 Å². The highest BCUT2D eigenvalue weighted by atomic mass is 16.5. The fraction of sp³-hybridized carbons (Fsp3) is 0.714. The van der Waals surface area contributed by atoms with Crippen LogP contribution in [0.3, 0.4) is 0 Å². The summed E-state index contributed by atoms with van der Waals surface area (Å²) in [7, 11) is 1.38. The summed E-state index contributed by atoms with van der Waals surface area (Å²) >= 11 is 0. The number of esters is 1. The molecule has 0 rings (SSSR count). The fourth-order valence-corrected chi connectivity index (χ4v) is 0.268. The quantitative estimate of drug-likeness (QED) is 0.592. The van der Waals surface area contributed by atoms with Crippen LogP contribution in [-0.4, -0.2) is 30.7 Å². The zero-order valence-electron chi connectivity index (χ0n) is 7.37. The van der Waals surface area contributed by atoms with Crippen LogP contribution in [0.1, 0.15) is 19.8 Å². The molecule has 3 N–H and O–H groups in total. The van der Waals surface area contributed by atoms with Gasteiger partial charge in [0.1, 0.15) is 0 Å². The maximum atomic E-state index is 9.96. The predicted molar refractivity (Wildman–Crippen MR) is 43.6 cm³/mol. The van der Waals surface area contributed by atoms with Gasteiger partial charge in [-0.15, -0.1) is 0 Å². The van der Waals surface area contributed by atoms with Crippen LogP contribution in [0.15, 0.2) is 0 Å². The smallest absolute Gasteiger partial charge is 0.305 e. The van der Waals surface area contributed by atoms with E-state index in [1.165, 1.54) is 7.11 Å². The van der Waals surface area contributed by atoms with Crippen molar-refractivity contribution in [1.82, 2.24) is 0 Å². The molecule has 0 bridgehead atoms. The molecule has 0 aromatic rings. The molecule has 5 nitrogen and oxygen atoms in total. The van der Waals surface area contributed by atoms with Gasteiger partial charge in [0.05, 0.1) is 13.5 Å². The Balaban J connectivity index is 0. The minimum absolute atomic E-state index is 0.0694. The van der Waals surface area contributed by atoms with Crippen LogP contribution in [0.2, 0.25) is 0 Å². The zero-order valence-corrected chi connectivity index (χ0v) is 7.37. The van der Waals surface area contributed by atoms with Gasteiger partial charge in [0, 0.05) is 13.0 Å². The van der Waals surface area contributed by atoms with Gasteiger partial charge in [0.25, 0.3) is 0 Å². The largest absolute Gasteiger partial charge is 0.481 e. The lowest BCUT2D eigenvalue weighted by Crippen LogP contribution is -2.05. The molecule has 0 radical (unpaired) electrons. The molecule has 0 aliphatic carbocycles. The Bertz CT molecular complexity index is 129. The van der Waals surface area contributed by atoms with E-state index >= 15 is 0 Å². The van der Waals surface area contributed by atoms with Crippen molar-refractivity contribution in [1.29, 1.82) is 0 Å². The summed E-state index contributed by atoms with van der Waals surface area (Å²) in [5.74, 6) is -0.993. The summed E-state index contributed by atoms with van der Waals surface area (Å²) in [6.07, 6.45) is 0.538. The molecule has 0 amide bonds. The third-order valence-electron chi connectivity index (χ3n) is 0.875. The molecule has 12 heavy (non-hydrogen) atoms. The standard InChI is InChI=1S/C4H8O2.C3H7NO2/c1-3-4(5)6-2;4-2-1-3(5)6/h3H2,1-2H3;1-2,4H2,(H,5,6). The number of carbonyl (C=O) groups is 2. The van der Waals surface area contributed by atoms with Crippen molar-refractivity contribution in [2.75, 3.05) is 13.7 Å². The second-order valence-electron chi connectivity index (χ2n) is 1.86. The van der Waals surface area contributed by atoms with E-state index in [9.17, 15) is 9.59 Å². The van der Waals surface area contributed by atoms with Crippen molar-refractivity contribution in [2.24, 2.45) is 5.73 Å². The number of methoxy groups -OCH3 is 1. The van der Waals surface area contributed by atoms with E-state index in [0.717, 1.165) is 0 Å². The highest BCUT2D eigenvalue weighted by Crippen LogP contribution is 1.76. The number of hydrogen-bond donors (Lipinski definition) is 2. The van der Waals surface area contributed by atoms with Crippen LogP contribution in [0.5, 0.6) is 0 Å². The zero-order chi connectivity index (χ0) is 9.98. The van der Waals surface area contributed by atoms with Gasteiger partial charge in [-0.05, 0) is 0 Å². The molecular weight excluding hydrogens is 162 g/mol. The first-order chi connectivity index (χ1) is 5.58. The second-order valence-corrected chi connectivity index (χ2v) is 1.86. The molecule has 0 fully saturated rings. The Hall–Kier alpha value is -1.10. The van der Waals surface area contributed by atoms with Crippen molar-refractivity contribution < 1.29 is 19.4 Å². The summed E-state index contributed by atoms with van der Waals surface area (Å²) < 4.78 is 4.26. The Morgan fingerprint density at radius 2 is 2.00 bits per heavy atom. The minimum atomic E-state index is -0.836. The molecular formula is C7H15NO4. The molecule has 0 saturated heterocycles. The third-order valence-corrected chi connectivity index (χ3v) is 0.875. The van der Waals surface area contributed by atoms with E-state index in [-0.39, 0.29) is 18.9 Å². The lowest BCUT2D eigenvalue weighted by Gasteiger charge is -1.87. The molecule has 72 valence electrons. The van der Waals surface area contributed by atoms with Gasteiger partial charge in [0.15, 0.2) is 0 Å². The SMILES string of the molecule is CCC(=O)OC.NCCC(=O)O. The molecule has 0 aromatic heterocycles. The number of nitrogens with two attached hydrogens (primary N) is 1. The Morgan fingerprint density at radius 1 is 1.50 bits per heavy atom. The molecule has 0 aliphatic heterocycles. The van der Waals surface area contributed by atoms with Crippen LogP contribution < -0.4 is 5.73 Å². The summed E-state index contributed by atoms with van der Waals surface area (Å²) in [6, 6.07) is 0. The first-order valence-electron chi connectivity index (χ1n) is 3.57. The van der Waals surface area contributed by atoms with E-state index in [1.807, 2.05) is 0 Å². The number of ether oxygens (including phenoxy) is 1. The highest BCUT2D eigenvalue weighted by Gasteiger charge is 1.88. The van der Waals surface area contributed by atoms with Crippen LogP contribution in [0.4, 0.5) is 0 Å². The molecule has 0 aliphatic rings. The number of carboxylic acids is 1. The molecule has 0 spiro atoms. The average Bonchev–Trinajstić information content (AvgIpc) is 2.04. The number of rotatable bonds is 3. The molecule has 0 unspecified atom stereocenters. The molecule has 0 atom stereocenters. The maximum Gasteiger partial charge on any atom is 0.305 e. The van der Waals surface area contributed by atoms with Gasteiger partial charge in [-0.3, -0.25) is 9.59 Å². The van der Waals surface area contributed by atoms with Gasteiger partial charge in [-0.25, -0.2) is 0 Å². The van der Waals surface area contributed by atoms with E-state index < -0.39 is 5.97 Å². The van der Waals surface area contributed by atoms with Crippen molar-refractivity contribution in [3.8, 4) is 0 Å². The fourth-order valence-electron chi connectivity index (χ4n) is 0.268. The lowest BCUT2D eigenvalue weighted by molar-refractivity contribution is -0.140. The van der Waals surface area contributed by atoms with E-state index in [4.69, 9.17) is 10.8 Å². The number of hydrogen-bond acceptors (Lipinski definition) is 4. The van der Waals surface area contributed by atoms with Crippen LogP contribution in [0.25, 0.3) is 0 Å². The minimum Gasteiger partial charge on any atom is -0.481 e. The van der Waals surface area contributed by atoms with Gasteiger partial charge < -0.3 is 15.6 Å². The summed E-state index contributed by atoms with van der Waals surface area (Å²) in [6.45, 7) is 1.99. The van der Waals surface area contributed by atoms with Crippen LogP contribution in [-0.2, 0) is 14.3 Å². The van der Waals surface area contributed by atoms with Gasteiger partial charge in [-0.2, -0.15) is 0 Å². The van der Waals surface area contributed by atoms with Crippen molar-refractivity contribution in [3.05, 3.63) is 0 Å². The van der Waals surface area contributed by atoms with Crippen LogP contribution in [0, 0.1) is 0 Å². The van der Waals surface area contributed by atoms with Gasteiger partial charge in [-0.1, -0.05) is 6.92 Å². The van der Waals surface area contributed by atoms with E-state index in [2.05, 4.69) is 4.74 Å². The topological polar surface area (TPSA) is 89.6 Å². The van der Waals surface area contributed by atoms with Crippen molar-refractivity contribution >= 4 is 11.9 Å². The molecule has 0 saturated carbocycles. The van der Waals surface area contributed by atoms with E-state index in [0.29, 0.717) is 6.42 Å².